The Bertz CT molecular complexity index is 232. The van der Waals surface area contributed by atoms with Crippen LogP contribution in [0.2, 0.25) is 0 Å². The number of carbonyl (C=O) groups is 1. The number of rotatable bonds is 5. The molecule has 3 heteroatoms. The molecule has 100 valence electrons. The van der Waals surface area contributed by atoms with E-state index < -0.39 is 0 Å². The third-order valence-electron chi connectivity index (χ3n) is 3.63. The van der Waals surface area contributed by atoms with Gasteiger partial charge in [-0.3, -0.25) is 9.69 Å². The van der Waals surface area contributed by atoms with Crippen LogP contribution in [0, 0.1) is 11.8 Å². The number of likely N-dealkylation sites (tertiary alicyclic amines) is 1. The van der Waals surface area contributed by atoms with Crippen LogP contribution in [-0.2, 0) is 4.79 Å². The summed E-state index contributed by atoms with van der Waals surface area (Å²) in [6, 6.07) is 0.471. The van der Waals surface area contributed by atoms with Gasteiger partial charge in [-0.1, -0.05) is 20.8 Å². The molecule has 0 aliphatic carbocycles. The quantitative estimate of drug-likeness (QED) is 0.799. The van der Waals surface area contributed by atoms with Gasteiger partial charge in [-0.25, -0.2) is 0 Å². The van der Waals surface area contributed by atoms with Crippen LogP contribution in [0.5, 0.6) is 0 Å². The monoisotopic (exact) mass is 240 g/mol. The van der Waals surface area contributed by atoms with E-state index in [1.807, 2.05) is 0 Å². The van der Waals surface area contributed by atoms with Gasteiger partial charge < -0.3 is 5.32 Å². The predicted molar refractivity (Wildman–Crippen MR) is 71.9 cm³/mol. The largest absolute Gasteiger partial charge is 0.355 e. The van der Waals surface area contributed by atoms with E-state index in [1.54, 1.807) is 0 Å². The average molecular weight is 240 g/mol. The Hall–Kier alpha value is -0.570. The molecule has 1 heterocycles. The van der Waals surface area contributed by atoms with Gasteiger partial charge in [-0.15, -0.1) is 0 Å². The smallest absolute Gasteiger partial charge is 0.220 e. The second kappa shape index (κ2) is 7.00. The van der Waals surface area contributed by atoms with Crippen molar-refractivity contribution >= 4 is 5.91 Å². The van der Waals surface area contributed by atoms with E-state index in [0.717, 1.165) is 12.5 Å². The minimum atomic E-state index is 0.192. The molecule has 1 unspecified atom stereocenters. The summed E-state index contributed by atoms with van der Waals surface area (Å²) in [5.41, 5.74) is 0. The van der Waals surface area contributed by atoms with E-state index >= 15 is 0 Å². The topological polar surface area (TPSA) is 32.3 Å². The van der Waals surface area contributed by atoms with Crippen molar-refractivity contribution in [2.45, 2.75) is 53.0 Å². The molecule has 0 aromatic heterocycles. The SMILES string of the molecule is CC(C)CC(=O)NCC(C)N1CCC(C)CC1. The Labute approximate surface area is 106 Å². The Kier molecular flexibility index (Phi) is 5.96. The lowest BCUT2D eigenvalue weighted by atomic mass is 9.98. The average Bonchev–Trinajstić information content (AvgIpc) is 2.26. The number of carbonyl (C=O) groups excluding carboxylic acids is 1. The van der Waals surface area contributed by atoms with Crippen LogP contribution >= 0.6 is 0 Å². The first-order valence-electron chi connectivity index (χ1n) is 6.99. The Morgan fingerprint density at radius 1 is 1.29 bits per heavy atom. The summed E-state index contributed by atoms with van der Waals surface area (Å²) in [5, 5.41) is 3.04. The molecule has 1 saturated heterocycles. The maximum absolute atomic E-state index is 11.6. The summed E-state index contributed by atoms with van der Waals surface area (Å²) in [6.07, 6.45) is 3.23. The number of nitrogens with zero attached hydrogens (tertiary/aromatic N) is 1. The van der Waals surface area contributed by atoms with Crippen LogP contribution in [-0.4, -0.2) is 36.5 Å². The van der Waals surface area contributed by atoms with Gasteiger partial charge in [0.1, 0.15) is 0 Å². The molecule has 0 aromatic rings. The fraction of sp³-hybridized carbons (Fsp3) is 0.929. The highest BCUT2D eigenvalue weighted by Gasteiger charge is 2.20. The van der Waals surface area contributed by atoms with Crippen LogP contribution in [0.3, 0.4) is 0 Å². The van der Waals surface area contributed by atoms with Crippen molar-refractivity contribution in [2.24, 2.45) is 11.8 Å². The molecule has 1 aliphatic heterocycles. The van der Waals surface area contributed by atoms with Crippen molar-refractivity contribution in [1.29, 1.82) is 0 Å². The van der Waals surface area contributed by atoms with Crippen molar-refractivity contribution in [1.82, 2.24) is 10.2 Å². The summed E-state index contributed by atoms with van der Waals surface area (Å²) in [6.45, 7) is 11.9. The zero-order valence-corrected chi connectivity index (χ0v) is 11.8. The number of nitrogens with one attached hydrogen (secondary N) is 1. The minimum Gasteiger partial charge on any atom is -0.355 e. The van der Waals surface area contributed by atoms with Gasteiger partial charge in [0.25, 0.3) is 0 Å². The van der Waals surface area contributed by atoms with Gasteiger partial charge in [0, 0.05) is 19.0 Å². The summed E-state index contributed by atoms with van der Waals surface area (Å²) >= 11 is 0. The Morgan fingerprint density at radius 2 is 1.88 bits per heavy atom. The van der Waals surface area contributed by atoms with E-state index in [1.165, 1.54) is 25.9 Å². The molecule has 0 aromatic carbocycles. The minimum absolute atomic E-state index is 0.192. The number of hydrogen-bond donors (Lipinski definition) is 1. The lowest BCUT2D eigenvalue weighted by molar-refractivity contribution is -0.122. The first kappa shape index (κ1) is 14.5. The van der Waals surface area contributed by atoms with Gasteiger partial charge in [0.15, 0.2) is 0 Å². The highest BCUT2D eigenvalue weighted by atomic mass is 16.1. The van der Waals surface area contributed by atoms with Crippen molar-refractivity contribution in [3.63, 3.8) is 0 Å². The summed E-state index contributed by atoms with van der Waals surface area (Å²) in [5.74, 6) is 1.51. The molecule has 1 fully saturated rings. The predicted octanol–water partition coefficient (Wildman–Crippen LogP) is 2.27. The highest BCUT2D eigenvalue weighted by molar-refractivity contribution is 5.76. The van der Waals surface area contributed by atoms with Gasteiger partial charge in [-0.05, 0) is 44.7 Å². The molecule has 1 rings (SSSR count). The molecule has 3 nitrogen and oxygen atoms in total. The number of amides is 1. The fourth-order valence-corrected chi connectivity index (χ4v) is 2.30. The van der Waals surface area contributed by atoms with Crippen LogP contribution in [0.25, 0.3) is 0 Å². The highest BCUT2D eigenvalue weighted by Crippen LogP contribution is 2.17. The molecule has 0 spiro atoms. The van der Waals surface area contributed by atoms with Crippen molar-refractivity contribution in [2.75, 3.05) is 19.6 Å². The third kappa shape index (κ3) is 5.53. The normalized spacial score (nSPS) is 20.5. The van der Waals surface area contributed by atoms with Crippen LogP contribution in [0.1, 0.15) is 47.0 Å². The zero-order valence-electron chi connectivity index (χ0n) is 11.8. The number of hydrogen-bond acceptors (Lipinski definition) is 2. The number of piperidine rings is 1. The molecule has 1 amide bonds. The van der Waals surface area contributed by atoms with E-state index in [2.05, 4.69) is 37.9 Å². The molecular weight excluding hydrogens is 212 g/mol. The molecule has 0 saturated carbocycles. The third-order valence-corrected chi connectivity index (χ3v) is 3.63. The van der Waals surface area contributed by atoms with Crippen LogP contribution < -0.4 is 5.32 Å². The molecule has 17 heavy (non-hydrogen) atoms. The van der Waals surface area contributed by atoms with E-state index in [4.69, 9.17) is 0 Å². The first-order valence-corrected chi connectivity index (χ1v) is 6.99. The van der Waals surface area contributed by atoms with E-state index in [9.17, 15) is 4.79 Å². The van der Waals surface area contributed by atoms with Gasteiger partial charge in [-0.2, -0.15) is 0 Å². The van der Waals surface area contributed by atoms with Gasteiger partial charge in [0.2, 0.25) is 5.91 Å². The van der Waals surface area contributed by atoms with Gasteiger partial charge in [0.05, 0.1) is 0 Å². The van der Waals surface area contributed by atoms with Crippen LogP contribution in [0.15, 0.2) is 0 Å². The maximum atomic E-state index is 11.6. The molecule has 1 N–H and O–H groups in total. The molecule has 0 radical (unpaired) electrons. The molecular formula is C14H28N2O. The Morgan fingerprint density at radius 3 is 2.41 bits per heavy atom. The lowest BCUT2D eigenvalue weighted by Gasteiger charge is -2.35. The lowest BCUT2D eigenvalue weighted by Crippen LogP contribution is -2.45. The fourth-order valence-electron chi connectivity index (χ4n) is 2.30. The van der Waals surface area contributed by atoms with Crippen molar-refractivity contribution in [3.05, 3.63) is 0 Å². The molecule has 0 bridgehead atoms. The summed E-state index contributed by atoms with van der Waals surface area (Å²) in [7, 11) is 0. The first-order chi connectivity index (χ1) is 7.99. The molecule has 1 atom stereocenters. The maximum Gasteiger partial charge on any atom is 0.220 e. The summed E-state index contributed by atoms with van der Waals surface area (Å²) < 4.78 is 0. The summed E-state index contributed by atoms with van der Waals surface area (Å²) in [4.78, 5) is 14.1. The Balaban J connectivity index is 2.20. The van der Waals surface area contributed by atoms with Crippen LogP contribution in [0.4, 0.5) is 0 Å². The van der Waals surface area contributed by atoms with E-state index in [0.29, 0.717) is 18.4 Å². The van der Waals surface area contributed by atoms with E-state index in [-0.39, 0.29) is 5.91 Å². The van der Waals surface area contributed by atoms with Crippen molar-refractivity contribution in [3.8, 4) is 0 Å². The van der Waals surface area contributed by atoms with Gasteiger partial charge >= 0.3 is 0 Å². The molecule has 1 aliphatic rings. The standard InChI is InChI=1S/C14H28N2O/c1-11(2)9-14(17)15-10-13(4)16-7-5-12(3)6-8-16/h11-13H,5-10H2,1-4H3,(H,15,17). The zero-order chi connectivity index (χ0) is 12.8. The second-order valence-electron chi connectivity index (χ2n) is 5.97. The second-order valence-corrected chi connectivity index (χ2v) is 5.97. The van der Waals surface area contributed by atoms with Crippen molar-refractivity contribution < 1.29 is 4.79 Å².